The Bertz CT molecular complexity index is 29.6. The van der Waals surface area contributed by atoms with Crippen molar-refractivity contribution < 1.29 is 32.7 Å². The zero-order valence-corrected chi connectivity index (χ0v) is 8.24. The molecular formula is C5H13N2Y-. The van der Waals surface area contributed by atoms with Crippen molar-refractivity contribution >= 4 is 0 Å². The molecule has 0 rings (SSSR count). The second kappa shape index (κ2) is 10.9. The predicted octanol–water partition coefficient (Wildman–Crippen LogP) is 0.322. The first-order valence-electron chi connectivity index (χ1n) is 2.66. The standard InChI is InChI=1S/C5H13N2.Y/c1-3-5-7-6-4-2;/h6-7H,2-5H2,1H3;/q-1;. The summed E-state index contributed by atoms with van der Waals surface area (Å²) in [5.74, 6) is 0. The van der Waals surface area contributed by atoms with Crippen molar-refractivity contribution in [2.24, 2.45) is 0 Å². The first-order chi connectivity index (χ1) is 3.41. The number of hydrazine groups is 1. The first-order valence-corrected chi connectivity index (χ1v) is 2.66. The topological polar surface area (TPSA) is 24.1 Å². The Morgan fingerprint density at radius 3 is 2.38 bits per heavy atom. The zero-order chi connectivity index (χ0) is 5.54. The minimum Gasteiger partial charge on any atom is -0.328 e. The predicted molar refractivity (Wildman–Crippen MR) is 31.7 cm³/mol. The van der Waals surface area contributed by atoms with E-state index < -0.39 is 0 Å². The minimum atomic E-state index is 0. The van der Waals surface area contributed by atoms with Crippen molar-refractivity contribution in [3.63, 3.8) is 0 Å². The molecule has 0 heterocycles. The van der Waals surface area contributed by atoms with Crippen LogP contribution in [0.2, 0.25) is 0 Å². The maximum atomic E-state index is 3.58. The van der Waals surface area contributed by atoms with Crippen LogP contribution in [-0.4, -0.2) is 13.1 Å². The molecule has 0 fully saturated rings. The summed E-state index contributed by atoms with van der Waals surface area (Å²) in [6, 6.07) is 0. The maximum Gasteiger partial charge on any atom is 0.00961 e. The molecule has 0 aromatic rings. The molecule has 0 saturated heterocycles. The van der Waals surface area contributed by atoms with E-state index in [4.69, 9.17) is 0 Å². The molecule has 0 aromatic heterocycles. The van der Waals surface area contributed by atoms with Crippen LogP contribution in [0, 0.1) is 6.92 Å². The molecule has 0 aliphatic rings. The van der Waals surface area contributed by atoms with E-state index in [2.05, 4.69) is 24.7 Å². The molecule has 0 aliphatic heterocycles. The van der Waals surface area contributed by atoms with Crippen molar-refractivity contribution in [2.75, 3.05) is 13.1 Å². The average molecular weight is 190 g/mol. The monoisotopic (exact) mass is 190 g/mol. The molecular weight excluding hydrogens is 177 g/mol. The van der Waals surface area contributed by atoms with Gasteiger partial charge in [-0.05, 0) is 6.42 Å². The van der Waals surface area contributed by atoms with Crippen LogP contribution in [0.4, 0.5) is 0 Å². The van der Waals surface area contributed by atoms with E-state index >= 15 is 0 Å². The van der Waals surface area contributed by atoms with E-state index in [1.165, 1.54) is 0 Å². The van der Waals surface area contributed by atoms with Gasteiger partial charge in [0.2, 0.25) is 0 Å². The van der Waals surface area contributed by atoms with E-state index in [0.29, 0.717) is 0 Å². The van der Waals surface area contributed by atoms with Crippen LogP contribution in [0.5, 0.6) is 0 Å². The Kier molecular flexibility index (Phi) is 16.1. The van der Waals surface area contributed by atoms with Crippen molar-refractivity contribution in [3.05, 3.63) is 6.92 Å². The molecule has 1 radical (unpaired) electrons. The van der Waals surface area contributed by atoms with Gasteiger partial charge in [-0.25, -0.2) is 0 Å². The van der Waals surface area contributed by atoms with Gasteiger partial charge in [-0.1, -0.05) is 6.92 Å². The number of nitrogens with one attached hydrogen (secondary N) is 2. The Morgan fingerprint density at radius 2 is 2.00 bits per heavy atom. The molecule has 0 spiro atoms. The number of rotatable bonds is 4. The minimum absolute atomic E-state index is 0. The molecule has 0 aromatic carbocycles. The van der Waals surface area contributed by atoms with Gasteiger partial charge in [0.05, 0.1) is 0 Å². The largest absolute Gasteiger partial charge is 0.328 e. The second-order valence-corrected chi connectivity index (χ2v) is 1.35. The first kappa shape index (κ1) is 11.8. The summed E-state index contributed by atoms with van der Waals surface area (Å²) in [5.41, 5.74) is 5.86. The molecule has 0 aliphatic carbocycles. The molecule has 0 atom stereocenters. The van der Waals surface area contributed by atoms with Crippen molar-refractivity contribution in [3.8, 4) is 0 Å². The Hall–Kier alpha value is 1.02. The number of hydrogen-bond donors (Lipinski definition) is 2. The van der Waals surface area contributed by atoms with E-state index in [-0.39, 0.29) is 32.7 Å². The Labute approximate surface area is 76.7 Å². The van der Waals surface area contributed by atoms with Crippen LogP contribution in [0.3, 0.4) is 0 Å². The third-order valence-corrected chi connectivity index (χ3v) is 0.625. The van der Waals surface area contributed by atoms with Gasteiger partial charge in [-0.3, -0.25) is 10.9 Å². The van der Waals surface area contributed by atoms with E-state index in [9.17, 15) is 0 Å². The van der Waals surface area contributed by atoms with Crippen LogP contribution in [0.25, 0.3) is 0 Å². The van der Waals surface area contributed by atoms with Gasteiger partial charge < -0.3 is 6.92 Å². The quantitative estimate of drug-likeness (QED) is 0.379. The molecule has 0 saturated carbocycles. The fourth-order valence-corrected chi connectivity index (χ4v) is 0.302. The molecule has 2 nitrogen and oxygen atoms in total. The SMILES string of the molecule is [CH2-]CNNCCC.[Y]. The molecule has 3 heteroatoms. The Morgan fingerprint density at radius 1 is 1.38 bits per heavy atom. The molecule has 0 bridgehead atoms. The van der Waals surface area contributed by atoms with Crippen LogP contribution >= 0.6 is 0 Å². The van der Waals surface area contributed by atoms with Gasteiger partial charge in [-0.15, -0.1) is 6.54 Å². The van der Waals surface area contributed by atoms with E-state index in [0.717, 1.165) is 19.5 Å². The van der Waals surface area contributed by atoms with Crippen molar-refractivity contribution in [1.82, 2.24) is 10.9 Å². The van der Waals surface area contributed by atoms with Crippen molar-refractivity contribution in [1.29, 1.82) is 0 Å². The van der Waals surface area contributed by atoms with Crippen molar-refractivity contribution in [2.45, 2.75) is 13.3 Å². The summed E-state index contributed by atoms with van der Waals surface area (Å²) in [6.45, 7) is 7.48. The average Bonchev–Trinajstić information content (AvgIpc) is 1.69. The van der Waals surface area contributed by atoms with Gasteiger partial charge in [0.25, 0.3) is 0 Å². The molecule has 47 valence electrons. The maximum absolute atomic E-state index is 3.58. The van der Waals surface area contributed by atoms with Gasteiger partial charge in [0.15, 0.2) is 0 Å². The second-order valence-electron chi connectivity index (χ2n) is 1.35. The third kappa shape index (κ3) is 10.1. The fourth-order valence-electron chi connectivity index (χ4n) is 0.302. The van der Waals surface area contributed by atoms with Crippen LogP contribution in [0.1, 0.15) is 13.3 Å². The van der Waals surface area contributed by atoms with Gasteiger partial charge in [-0.2, -0.15) is 0 Å². The van der Waals surface area contributed by atoms with E-state index in [1.54, 1.807) is 0 Å². The van der Waals surface area contributed by atoms with Gasteiger partial charge in [0, 0.05) is 39.3 Å². The summed E-state index contributed by atoms with van der Waals surface area (Å²) in [4.78, 5) is 0. The van der Waals surface area contributed by atoms with Gasteiger partial charge >= 0.3 is 0 Å². The zero-order valence-electron chi connectivity index (χ0n) is 5.41. The third-order valence-electron chi connectivity index (χ3n) is 0.625. The normalized spacial score (nSPS) is 8.25. The summed E-state index contributed by atoms with van der Waals surface area (Å²) in [7, 11) is 0. The molecule has 0 unspecified atom stereocenters. The molecule has 2 N–H and O–H groups in total. The van der Waals surface area contributed by atoms with E-state index in [1.807, 2.05) is 0 Å². The number of hydrogen-bond acceptors (Lipinski definition) is 2. The summed E-state index contributed by atoms with van der Waals surface area (Å²) < 4.78 is 0. The summed E-state index contributed by atoms with van der Waals surface area (Å²) >= 11 is 0. The smallest absolute Gasteiger partial charge is 0.00961 e. The van der Waals surface area contributed by atoms with Crippen LogP contribution < -0.4 is 10.9 Å². The van der Waals surface area contributed by atoms with Gasteiger partial charge in [0.1, 0.15) is 0 Å². The van der Waals surface area contributed by atoms with Crippen LogP contribution in [0.15, 0.2) is 0 Å². The summed E-state index contributed by atoms with van der Waals surface area (Å²) in [5, 5.41) is 0. The fraction of sp³-hybridized carbons (Fsp3) is 0.800. The summed E-state index contributed by atoms with van der Waals surface area (Å²) in [6.07, 6.45) is 1.16. The molecule has 8 heavy (non-hydrogen) atoms. The Balaban J connectivity index is 0. The van der Waals surface area contributed by atoms with Crippen LogP contribution in [-0.2, 0) is 32.7 Å². The molecule has 0 amide bonds.